The number of nitrogens with one attached hydrogen (secondary N) is 1. The highest BCUT2D eigenvalue weighted by Gasteiger charge is 2.27. The maximum absolute atomic E-state index is 5.56. The number of nitrogens with zero attached hydrogens (tertiary/aromatic N) is 3. The van der Waals surface area contributed by atoms with Crippen LogP contribution < -0.4 is 10.1 Å². The number of ether oxygens (including phenoxy) is 1. The lowest BCUT2D eigenvalue weighted by Crippen LogP contribution is -2.46. The van der Waals surface area contributed by atoms with Crippen LogP contribution in [0.25, 0.3) is 0 Å². The van der Waals surface area contributed by atoms with Crippen molar-refractivity contribution in [2.75, 3.05) is 26.7 Å². The smallest absolute Gasteiger partial charge is 0.137 e. The van der Waals surface area contributed by atoms with Gasteiger partial charge in [0.05, 0.1) is 17.6 Å². The lowest BCUT2D eigenvalue weighted by Gasteiger charge is -2.36. The van der Waals surface area contributed by atoms with Crippen LogP contribution in [-0.2, 0) is 13.6 Å². The van der Waals surface area contributed by atoms with Gasteiger partial charge in [-0.2, -0.15) is 0 Å². The molecule has 23 heavy (non-hydrogen) atoms. The topological polar surface area (TPSA) is 42.3 Å². The van der Waals surface area contributed by atoms with Crippen LogP contribution in [-0.4, -0.2) is 41.2 Å². The molecule has 1 saturated heterocycles. The molecule has 0 radical (unpaired) electrons. The Bertz CT molecular complexity index is 649. The van der Waals surface area contributed by atoms with Crippen molar-refractivity contribution in [3.8, 4) is 5.75 Å². The number of imidazole rings is 1. The first-order chi connectivity index (χ1) is 10.7. The molecule has 0 amide bonds. The summed E-state index contributed by atoms with van der Waals surface area (Å²) >= 11 is 3.57. The van der Waals surface area contributed by atoms with E-state index in [0.29, 0.717) is 0 Å². The van der Waals surface area contributed by atoms with Crippen molar-refractivity contribution in [1.29, 1.82) is 0 Å². The second-order valence-electron chi connectivity index (χ2n) is 5.52. The van der Waals surface area contributed by atoms with Crippen LogP contribution in [0.3, 0.4) is 0 Å². The zero-order valence-corrected chi connectivity index (χ0v) is 15.7. The van der Waals surface area contributed by atoms with Gasteiger partial charge in [0.1, 0.15) is 11.6 Å². The molecule has 1 aromatic heterocycles. The molecule has 5 nitrogen and oxygen atoms in total. The highest BCUT2D eigenvalue weighted by molar-refractivity contribution is 9.10. The summed E-state index contributed by atoms with van der Waals surface area (Å²) in [6.45, 7) is 3.76. The van der Waals surface area contributed by atoms with Crippen molar-refractivity contribution >= 4 is 28.3 Å². The van der Waals surface area contributed by atoms with E-state index in [9.17, 15) is 0 Å². The number of para-hydroxylation sites is 1. The van der Waals surface area contributed by atoms with Gasteiger partial charge in [-0.15, -0.1) is 12.4 Å². The Hall–Kier alpha value is -1.08. The van der Waals surface area contributed by atoms with E-state index in [1.807, 2.05) is 18.5 Å². The Labute approximate surface area is 151 Å². The van der Waals surface area contributed by atoms with Crippen LogP contribution in [0, 0.1) is 0 Å². The summed E-state index contributed by atoms with van der Waals surface area (Å²) in [4.78, 5) is 6.99. The van der Waals surface area contributed by atoms with Crippen molar-refractivity contribution < 1.29 is 4.74 Å². The summed E-state index contributed by atoms with van der Waals surface area (Å²) in [6, 6.07) is 6.47. The highest BCUT2D eigenvalue weighted by atomic mass is 79.9. The van der Waals surface area contributed by atoms with Crippen molar-refractivity contribution in [2.24, 2.45) is 7.05 Å². The summed E-state index contributed by atoms with van der Waals surface area (Å²) in [5.74, 6) is 2.01. The molecule has 0 aliphatic carbocycles. The number of piperazine rings is 1. The minimum atomic E-state index is 0. The van der Waals surface area contributed by atoms with Gasteiger partial charge in [-0.3, -0.25) is 4.90 Å². The molecule has 0 spiro atoms. The van der Waals surface area contributed by atoms with E-state index < -0.39 is 0 Å². The molecule has 1 aromatic carbocycles. The molecule has 2 heterocycles. The molecule has 1 aliphatic heterocycles. The molecule has 1 N–H and O–H groups in total. The fraction of sp³-hybridized carbons (Fsp3) is 0.438. The van der Waals surface area contributed by atoms with Crippen molar-refractivity contribution in [3.05, 3.63) is 46.5 Å². The average Bonchev–Trinajstić information content (AvgIpc) is 2.94. The molecule has 1 fully saturated rings. The maximum Gasteiger partial charge on any atom is 0.137 e. The normalized spacial score (nSPS) is 18.5. The number of hydrogen-bond donors (Lipinski definition) is 1. The molecule has 1 atom stereocenters. The summed E-state index contributed by atoms with van der Waals surface area (Å²) in [7, 11) is 3.77. The number of methoxy groups -OCH3 is 1. The van der Waals surface area contributed by atoms with Crippen LogP contribution in [0.2, 0.25) is 0 Å². The van der Waals surface area contributed by atoms with Gasteiger partial charge >= 0.3 is 0 Å². The molecule has 3 rings (SSSR count). The quantitative estimate of drug-likeness (QED) is 0.855. The first-order valence-corrected chi connectivity index (χ1v) is 8.23. The Morgan fingerprint density at radius 1 is 1.43 bits per heavy atom. The zero-order chi connectivity index (χ0) is 15.5. The predicted octanol–water partition coefficient (Wildman–Crippen LogP) is 2.76. The van der Waals surface area contributed by atoms with Gasteiger partial charge < -0.3 is 14.6 Å². The molecule has 7 heteroatoms. The van der Waals surface area contributed by atoms with Crippen LogP contribution in [0.1, 0.15) is 17.4 Å². The van der Waals surface area contributed by atoms with E-state index in [1.165, 1.54) is 5.56 Å². The summed E-state index contributed by atoms with van der Waals surface area (Å²) in [6.07, 6.45) is 3.86. The van der Waals surface area contributed by atoms with Crippen LogP contribution in [0.5, 0.6) is 5.75 Å². The Morgan fingerprint density at radius 3 is 2.96 bits per heavy atom. The third-order valence-electron chi connectivity index (χ3n) is 4.14. The monoisotopic (exact) mass is 400 g/mol. The Balaban J connectivity index is 0.00000192. The van der Waals surface area contributed by atoms with Gasteiger partial charge in [0.2, 0.25) is 0 Å². The number of benzene rings is 1. The largest absolute Gasteiger partial charge is 0.495 e. The van der Waals surface area contributed by atoms with E-state index >= 15 is 0 Å². The maximum atomic E-state index is 5.56. The predicted molar refractivity (Wildman–Crippen MR) is 97.2 cm³/mol. The van der Waals surface area contributed by atoms with Gasteiger partial charge in [-0.05, 0) is 22.0 Å². The summed E-state index contributed by atoms with van der Waals surface area (Å²) in [5.41, 5.74) is 1.19. The van der Waals surface area contributed by atoms with Gasteiger partial charge in [0.15, 0.2) is 0 Å². The number of aryl methyl sites for hydroxylation is 1. The van der Waals surface area contributed by atoms with Crippen LogP contribution in [0.15, 0.2) is 35.1 Å². The minimum absolute atomic E-state index is 0. The van der Waals surface area contributed by atoms with Crippen molar-refractivity contribution in [1.82, 2.24) is 19.8 Å². The van der Waals surface area contributed by atoms with E-state index in [-0.39, 0.29) is 18.4 Å². The first-order valence-electron chi connectivity index (χ1n) is 7.44. The number of halogens is 2. The van der Waals surface area contributed by atoms with Gasteiger partial charge in [0.25, 0.3) is 0 Å². The van der Waals surface area contributed by atoms with E-state index in [0.717, 1.165) is 42.2 Å². The molecule has 0 bridgehead atoms. The third-order valence-corrected chi connectivity index (χ3v) is 4.76. The van der Waals surface area contributed by atoms with Crippen LogP contribution >= 0.6 is 28.3 Å². The van der Waals surface area contributed by atoms with Gasteiger partial charge in [-0.1, -0.05) is 12.1 Å². The van der Waals surface area contributed by atoms with Gasteiger partial charge in [-0.25, -0.2) is 4.98 Å². The lowest BCUT2D eigenvalue weighted by atomic mass is 10.1. The number of hydrogen-bond acceptors (Lipinski definition) is 4. The van der Waals surface area contributed by atoms with Crippen LogP contribution in [0.4, 0.5) is 0 Å². The van der Waals surface area contributed by atoms with E-state index in [2.05, 4.69) is 54.9 Å². The molecule has 0 saturated carbocycles. The number of aromatic nitrogens is 2. The second kappa shape index (κ2) is 8.15. The van der Waals surface area contributed by atoms with E-state index in [1.54, 1.807) is 7.11 Å². The van der Waals surface area contributed by atoms with Crippen molar-refractivity contribution in [2.45, 2.75) is 12.6 Å². The zero-order valence-electron chi connectivity index (χ0n) is 13.3. The second-order valence-corrected chi connectivity index (χ2v) is 6.37. The first kappa shape index (κ1) is 18.3. The molecular formula is C16H22BrClN4O. The summed E-state index contributed by atoms with van der Waals surface area (Å²) < 4.78 is 8.65. The number of rotatable bonds is 4. The molecular weight excluding hydrogens is 380 g/mol. The lowest BCUT2D eigenvalue weighted by molar-refractivity contribution is 0.143. The van der Waals surface area contributed by atoms with Crippen molar-refractivity contribution in [3.63, 3.8) is 0 Å². The van der Waals surface area contributed by atoms with E-state index in [4.69, 9.17) is 4.74 Å². The Kier molecular flexibility index (Phi) is 6.47. The molecule has 1 unspecified atom stereocenters. The highest BCUT2D eigenvalue weighted by Crippen LogP contribution is 2.31. The van der Waals surface area contributed by atoms with Gasteiger partial charge in [0, 0.05) is 51.2 Å². The standard InChI is InChI=1S/C16H21BrN4O.ClH/c1-20-8-7-19-16(20)14-10-18-6-9-21(14)11-12-4-3-5-13(17)15(12)22-2;/h3-5,7-8,14,18H,6,9-11H2,1-2H3;1H. The average molecular weight is 402 g/mol. The molecule has 1 aliphatic rings. The molecule has 2 aromatic rings. The third kappa shape index (κ3) is 3.88. The fourth-order valence-electron chi connectivity index (χ4n) is 3.01. The minimum Gasteiger partial charge on any atom is -0.495 e. The summed E-state index contributed by atoms with van der Waals surface area (Å²) in [5, 5.41) is 3.47. The Morgan fingerprint density at radius 2 is 2.26 bits per heavy atom. The fourth-order valence-corrected chi connectivity index (χ4v) is 3.58. The molecule has 126 valence electrons. The SMILES string of the molecule is COc1c(Br)cccc1CN1CCNCC1c1nccn1C.Cl.